The van der Waals surface area contributed by atoms with Crippen LogP contribution in [0.25, 0.3) is 22.3 Å². The Hall–Kier alpha value is -3.25. The first kappa shape index (κ1) is 16.0. The molecule has 2 aromatic heterocycles. The van der Waals surface area contributed by atoms with Gasteiger partial charge in [-0.3, -0.25) is 0 Å². The lowest BCUT2D eigenvalue weighted by Gasteiger charge is -2.10. The lowest BCUT2D eigenvalue weighted by Crippen LogP contribution is -2.11. The molecule has 0 saturated carbocycles. The summed E-state index contributed by atoms with van der Waals surface area (Å²) in [6.07, 6.45) is 3.34. The number of anilines is 1. The number of nitrogens with two attached hydrogens (primary N) is 1. The van der Waals surface area contributed by atoms with E-state index in [9.17, 15) is 5.11 Å². The number of fused-ring (bicyclic) bond motifs is 2. The van der Waals surface area contributed by atoms with Crippen molar-refractivity contribution in [3.63, 3.8) is 0 Å². The number of hydrogen-bond acceptors (Lipinski definition) is 5. The summed E-state index contributed by atoms with van der Waals surface area (Å²) in [6, 6.07) is 16.4. The quantitative estimate of drug-likeness (QED) is 0.588. The van der Waals surface area contributed by atoms with Crippen LogP contribution in [0.3, 0.4) is 0 Å². The fraction of sp³-hybridized carbons (Fsp3) is 0.190. The minimum absolute atomic E-state index is 0.0175. The molecule has 0 amide bonds. The van der Waals surface area contributed by atoms with E-state index >= 15 is 0 Å². The maximum absolute atomic E-state index is 9.48. The van der Waals surface area contributed by atoms with Gasteiger partial charge < -0.3 is 10.8 Å². The Kier molecular flexibility index (Phi) is 3.65. The number of nitrogens with zero attached hydrogens (tertiary/aromatic N) is 4. The molecule has 2 heterocycles. The van der Waals surface area contributed by atoms with Crippen LogP contribution in [-0.2, 0) is 19.4 Å². The summed E-state index contributed by atoms with van der Waals surface area (Å²) in [5.41, 5.74) is 12.2. The highest BCUT2D eigenvalue weighted by Gasteiger charge is 2.27. The van der Waals surface area contributed by atoms with E-state index in [0.717, 1.165) is 40.7 Å². The zero-order valence-electron chi connectivity index (χ0n) is 14.7. The molecular formula is C21H19N5O. The second-order valence-corrected chi connectivity index (χ2v) is 6.94. The number of aromatic nitrogens is 4. The Labute approximate surface area is 156 Å². The summed E-state index contributed by atoms with van der Waals surface area (Å²) in [5, 5.41) is 15.2. The van der Waals surface area contributed by atoms with Crippen LogP contribution in [0.4, 0.5) is 5.82 Å². The van der Waals surface area contributed by atoms with Gasteiger partial charge >= 0.3 is 0 Å². The summed E-state index contributed by atoms with van der Waals surface area (Å²) in [6.45, 7) is -0.0175. The fourth-order valence-corrected chi connectivity index (χ4v) is 3.98. The number of benzene rings is 2. The number of nitrogen functional groups attached to an aromatic ring is 1. The summed E-state index contributed by atoms with van der Waals surface area (Å²) in [7, 11) is 0. The Balaban J connectivity index is 1.68. The first-order chi connectivity index (χ1) is 13.2. The number of aliphatic hydroxyl groups is 1. The van der Waals surface area contributed by atoms with E-state index in [4.69, 9.17) is 10.8 Å². The molecule has 2 aromatic carbocycles. The van der Waals surface area contributed by atoms with E-state index in [2.05, 4.69) is 34.2 Å². The van der Waals surface area contributed by atoms with Crippen molar-refractivity contribution in [2.45, 2.75) is 25.5 Å². The Morgan fingerprint density at radius 2 is 1.81 bits per heavy atom. The zero-order chi connectivity index (χ0) is 18.4. The highest BCUT2D eigenvalue weighted by molar-refractivity contribution is 5.98. The van der Waals surface area contributed by atoms with E-state index in [1.165, 1.54) is 17.5 Å². The third-order valence-corrected chi connectivity index (χ3v) is 5.28. The van der Waals surface area contributed by atoms with E-state index in [0.29, 0.717) is 5.82 Å². The van der Waals surface area contributed by atoms with Gasteiger partial charge in [0.2, 0.25) is 0 Å². The van der Waals surface area contributed by atoms with E-state index in [1.54, 1.807) is 0 Å². The zero-order valence-corrected chi connectivity index (χ0v) is 14.7. The maximum atomic E-state index is 9.48. The van der Waals surface area contributed by atoms with Gasteiger partial charge in [-0.2, -0.15) is 5.10 Å². The Morgan fingerprint density at radius 3 is 2.56 bits per heavy atom. The third-order valence-electron chi connectivity index (χ3n) is 5.28. The molecule has 0 radical (unpaired) electrons. The average Bonchev–Trinajstić information content (AvgIpc) is 3.30. The van der Waals surface area contributed by atoms with Crippen molar-refractivity contribution in [2.75, 3.05) is 5.73 Å². The van der Waals surface area contributed by atoms with Crippen LogP contribution < -0.4 is 5.73 Å². The van der Waals surface area contributed by atoms with Crippen molar-refractivity contribution in [1.82, 2.24) is 19.7 Å². The summed E-state index contributed by atoms with van der Waals surface area (Å²) in [4.78, 5) is 8.68. The van der Waals surface area contributed by atoms with Crippen LogP contribution in [0.5, 0.6) is 0 Å². The molecule has 4 aromatic rings. The predicted molar refractivity (Wildman–Crippen MR) is 104 cm³/mol. The van der Waals surface area contributed by atoms with Crippen molar-refractivity contribution >= 4 is 16.9 Å². The molecule has 0 bridgehead atoms. The highest BCUT2D eigenvalue weighted by atomic mass is 16.3. The lowest BCUT2D eigenvalue weighted by atomic mass is 10.1. The molecule has 6 nitrogen and oxygen atoms in total. The molecule has 0 atom stereocenters. The van der Waals surface area contributed by atoms with Crippen LogP contribution in [0.2, 0.25) is 0 Å². The molecule has 1 aliphatic rings. The second kappa shape index (κ2) is 6.17. The van der Waals surface area contributed by atoms with Gasteiger partial charge in [0.1, 0.15) is 17.8 Å². The van der Waals surface area contributed by atoms with Gasteiger partial charge in [-0.05, 0) is 35.6 Å². The number of aliphatic hydroxyl groups excluding tert-OH is 1. The van der Waals surface area contributed by atoms with E-state index in [-0.39, 0.29) is 12.6 Å². The van der Waals surface area contributed by atoms with E-state index < -0.39 is 0 Å². The maximum Gasteiger partial charge on any atom is 0.164 e. The monoisotopic (exact) mass is 357 g/mol. The molecule has 0 unspecified atom stereocenters. The number of hydrogen-bond donors (Lipinski definition) is 2. The molecule has 6 heteroatoms. The van der Waals surface area contributed by atoms with Crippen LogP contribution in [0.1, 0.15) is 22.7 Å². The van der Waals surface area contributed by atoms with Crippen LogP contribution in [0, 0.1) is 0 Å². The first-order valence-electron chi connectivity index (χ1n) is 9.00. The molecule has 5 rings (SSSR count). The largest absolute Gasteiger partial charge is 0.392 e. The normalized spacial score (nSPS) is 14.0. The SMILES string of the molecule is Nc1ncnc2c1c(-c1cccc(CO)c1)nn2C1Cc2ccccc2C1. The lowest BCUT2D eigenvalue weighted by molar-refractivity contribution is 0.282. The van der Waals surface area contributed by atoms with Crippen LogP contribution in [-0.4, -0.2) is 24.9 Å². The fourth-order valence-electron chi connectivity index (χ4n) is 3.98. The summed E-state index contributed by atoms with van der Waals surface area (Å²) < 4.78 is 1.99. The minimum atomic E-state index is -0.0175. The van der Waals surface area contributed by atoms with Crippen molar-refractivity contribution in [3.8, 4) is 11.3 Å². The Morgan fingerprint density at radius 1 is 1.04 bits per heavy atom. The smallest absolute Gasteiger partial charge is 0.164 e. The highest BCUT2D eigenvalue weighted by Crippen LogP contribution is 2.36. The molecule has 134 valence electrons. The van der Waals surface area contributed by atoms with Gasteiger partial charge in [0.15, 0.2) is 5.65 Å². The van der Waals surface area contributed by atoms with Gasteiger partial charge in [0, 0.05) is 5.56 Å². The predicted octanol–water partition coefficient (Wildman–Crippen LogP) is 2.91. The van der Waals surface area contributed by atoms with Crippen molar-refractivity contribution in [1.29, 1.82) is 0 Å². The topological polar surface area (TPSA) is 89.8 Å². The molecule has 0 aliphatic heterocycles. The molecule has 0 spiro atoms. The molecule has 3 N–H and O–H groups in total. The van der Waals surface area contributed by atoms with E-state index in [1.807, 2.05) is 28.9 Å². The Bertz CT molecular complexity index is 1130. The molecule has 0 saturated heterocycles. The van der Waals surface area contributed by atoms with Gasteiger partial charge in [-0.1, -0.05) is 42.5 Å². The van der Waals surface area contributed by atoms with Gasteiger partial charge in [-0.25, -0.2) is 14.6 Å². The van der Waals surface area contributed by atoms with Crippen LogP contribution in [0.15, 0.2) is 54.9 Å². The average molecular weight is 357 g/mol. The van der Waals surface area contributed by atoms with Gasteiger partial charge in [0.25, 0.3) is 0 Å². The molecule has 0 fully saturated rings. The molecular weight excluding hydrogens is 338 g/mol. The van der Waals surface area contributed by atoms with Crippen molar-refractivity contribution in [3.05, 3.63) is 71.5 Å². The van der Waals surface area contributed by atoms with Gasteiger partial charge in [-0.15, -0.1) is 0 Å². The van der Waals surface area contributed by atoms with Crippen molar-refractivity contribution in [2.24, 2.45) is 0 Å². The molecule has 1 aliphatic carbocycles. The van der Waals surface area contributed by atoms with Gasteiger partial charge in [0.05, 0.1) is 18.0 Å². The minimum Gasteiger partial charge on any atom is -0.392 e. The third kappa shape index (κ3) is 2.57. The number of rotatable bonds is 3. The van der Waals surface area contributed by atoms with Crippen LogP contribution >= 0.6 is 0 Å². The molecule has 27 heavy (non-hydrogen) atoms. The summed E-state index contributed by atoms with van der Waals surface area (Å²) in [5.74, 6) is 0.422. The second-order valence-electron chi connectivity index (χ2n) is 6.94. The standard InChI is InChI=1S/C21H19N5O/c22-20-18-19(16-7-3-4-13(8-16)11-27)25-26(21(18)24-12-23-20)17-9-14-5-1-2-6-15(14)10-17/h1-8,12,17,27H,9-11H2,(H2,22,23,24). The summed E-state index contributed by atoms with van der Waals surface area (Å²) >= 11 is 0. The first-order valence-corrected chi connectivity index (χ1v) is 9.00. The van der Waals surface area contributed by atoms with Crippen molar-refractivity contribution < 1.29 is 5.11 Å².